The van der Waals surface area contributed by atoms with Gasteiger partial charge in [0, 0.05) is 38.3 Å². The number of rotatable bonds is 4. The third-order valence-corrected chi connectivity index (χ3v) is 3.74. The minimum absolute atomic E-state index is 0.139. The zero-order valence-electron chi connectivity index (χ0n) is 11.0. The Morgan fingerprint density at radius 2 is 1.69 bits per heavy atom. The third-order valence-electron chi connectivity index (χ3n) is 3.27. The molecule has 0 aromatic carbocycles. The van der Waals surface area contributed by atoms with E-state index < -0.39 is 10.0 Å². The first-order valence-corrected chi connectivity index (χ1v) is 6.86. The molecule has 1 rings (SSSR count). The van der Waals surface area contributed by atoms with Crippen LogP contribution >= 0.6 is 0 Å². The highest BCUT2D eigenvalue weighted by atomic mass is 28.3. The van der Waals surface area contributed by atoms with Gasteiger partial charge >= 0.3 is 10.0 Å². The Balaban J connectivity index is 0.000000385. The lowest BCUT2D eigenvalue weighted by molar-refractivity contribution is 0.219. The fraction of sp³-hybridized carbons (Fsp3) is 1.00. The van der Waals surface area contributed by atoms with Crippen molar-refractivity contribution < 1.29 is 8.85 Å². The maximum Gasteiger partial charge on any atom is 0.303 e. The maximum absolute atomic E-state index is 5.91. The van der Waals surface area contributed by atoms with Crippen LogP contribution in [0.25, 0.3) is 0 Å². The Labute approximate surface area is 101 Å². The highest BCUT2D eigenvalue weighted by Crippen LogP contribution is 2.31. The van der Waals surface area contributed by atoms with Crippen LogP contribution in [0.2, 0.25) is 0 Å². The van der Waals surface area contributed by atoms with Gasteiger partial charge in [-0.05, 0) is 26.8 Å². The van der Waals surface area contributed by atoms with E-state index in [-0.39, 0.29) is 17.5 Å². The van der Waals surface area contributed by atoms with E-state index in [1.807, 2.05) is 0 Å². The third kappa shape index (κ3) is 4.48. The highest BCUT2D eigenvalue weighted by Gasteiger charge is 2.40. The SMILES string of the molecule is CC(N)C1(C(C)N)CCNC1.CO[SiH2]OC. The zero-order valence-corrected chi connectivity index (χ0v) is 12.4. The molecule has 1 aliphatic heterocycles. The van der Waals surface area contributed by atoms with Crippen LogP contribution in [0.5, 0.6) is 0 Å². The normalized spacial score (nSPS) is 28.1. The molecular formula is C10H27N3O2Si. The molecule has 2 unspecified atom stereocenters. The maximum atomic E-state index is 5.91. The van der Waals surface area contributed by atoms with E-state index in [2.05, 4.69) is 28.0 Å². The summed E-state index contributed by atoms with van der Waals surface area (Å²) in [6.45, 7) is 6.14. The lowest BCUT2D eigenvalue weighted by Gasteiger charge is -2.36. The molecule has 0 aliphatic carbocycles. The van der Waals surface area contributed by atoms with Crippen molar-refractivity contribution in [3.05, 3.63) is 0 Å². The molecule has 1 heterocycles. The van der Waals surface area contributed by atoms with Gasteiger partial charge in [-0.25, -0.2) is 0 Å². The topological polar surface area (TPSA) is 82.5 Å². The summed E-state index contributed by atoms with van der Waals surface area (Å²) in [7, 11) is 2.73. The van der Waals surface area contributed by atoms with Crippen molar-refractivity contribution in [3.63, 3.8) is 0 Å². The van der Waals surface area contributed by atoms with Gasteiger partial charge in [-0.1, -0.05) is 0 Å². The van der Waals surface area contributed by atoms with Gasteiger partial charge in [0.15, 0.2) is 0 Å². The minimum atomic E-state index is -0.568. The Kier molecular flexibility index (Phi) is 8.17. The highest BCUT2D eigenvalue weighted by molar-refractivity contribution is 6.17. The molecule has 0 bridgehead atoms. The molecule has 1 aliphatic rings. The van der Waals surface area contributed by atoms with Crippen LogP contribution in [0.1, 0.15) is 20.3 Å². The molecule has 2 atom stereocenters. The summed E-state index contributed by atoms with van der Waals surface area (Å²) in [6.07, 6.45) is 1.11. The first kappa shape index (κ1) is 16.0. The van der Waals surface area contributed by atoms with Crippen molar-refractivity contribution in [1.82, 2.24) is 5.32 Å². The molecule has 5 N–H and O–H groups in total. The Bertz CT molecular complexity index is 161. The average molecular weight is 249 g/mol. The molecule has 16 heavy (non-hydrogen) atoms. The Morgan fingerprint density at radius 3 is 1.81 bits per heavy atom. The van der Waals surface area contributed by atoms with Crippen molar-refractivity contribution in [2.45, 2.75) is 32.4 Å². The molecule has 0 amide bonds. The van der Waals surface area contributed by atoms with E-state index in [0.29, 0.717) is 0 Å². The zero-order chi connectivity index (χ0) is 12.6. The van der Waals surface area contributed by atoms with Crippen molar-refractivity contribution in [1.29, 1.82) is 0 Å². The van der Waals surface area contributed by atoms with E-state index in [0.717, 1.165) is 19.5 Å². The van der Waals surface area contributed by atoms with Crippen LogP contribution in [0.4, 0.5) is 0 Å². The summed E-state index contributed by atoms with van der Waals surface area (Å²) < 4.78 is 9.22. The quantitative estimate of drug-likeness (QED) is 0.553. The molecule has 0 spiro atoms. The molecule has 98 valence electrons. The van der Waals surface area contributed by atoms with Crippen LogP contribution in [0, 0.1) is 5.41 Å². The average Bonchev–Trinajstić information content (AvgIpc) is 2.69. The van der Waals surface area contributed by atoms with Gasteiger partial charge in [0.2, 0.25) is 0 Å². The van der Waals surface area contributed by atoms with Gasteiger partial charge in [0.1, 0.15) is 0 Å². The summed E-state index contributed by atoms with van der Waals surface area (Å²) in [6, 6.07) is 0.384. The summed E-state index contributed by atoms with van der Waals surface area (Å²) in [5.41, 5.74) is 12.0. The first-order chi connectivity index (χ1) is 7.51. The van der Waals surface area contributed by atoms with Crippen LogP contribution in [0.3, 0.4) is 0 Å². The number of nitrogens with two attached hydrogens (primary N) is 2. The fourth-order valence-electron chi connectivity index (χ4n) is 2.04. The van der Waals surface area contributed by atoms with Crippen molar-refractivity contribution in [2.24, 2.45) is 16.9 Å². The fourth-order valence-corrected chi connectivity index (χ4v) is 2.28. The molecular weight excluding hydrogens is 222 g/mol. The monoisotopic (exact) mass is 249 g/mol. The van der Waals surface area contributed by atoms with Crippen molar-refractivity contribution in [2.75, 3.05) is 27.3 Å². The minimum Gasteiger partial charge on any atom is -0.402 e. The van der Waals surface area contributed by atoms with Gasteiger partial charge in [0.25, 0.3) is 0 Å². The van der Waals surface area contributed by atoms with Crippen LogP contribution < -0.4 is 16.8 Å². The van der Waals surface area contributed by atoms with Gasteiger partial charge < -0.3 is 25.6 Å². The van der Waals surface area contributed by atoms with Gasteiger partial charge in [-0.3, -0.25) is 0 Å². The molecule has 5 nitrogen and oxygen atoms in total. The second-order valence-corrected chi connectivity index (χ2v) is 5.82. The van der Waals surface area contributed by atoms with E-state index in [1.54, 1.807) is 14.2 Å². The molecule has 0 aromatic heterocycles. The van der Waals surface area contributed by atoms with E-state index >= 15 is 0 Å². The smallest absolute Gasteiger partial charge is 0.303 e. The summed E-state index contributed by atoms with van der Waals surface area (Å²) in [5.74, 6) is 0. The van der Waals surface area contributed by atoms with E-state index in [9.17, 15) is 0 Å². The van der Waals surface area contributed by atoms with Gasteiger partial charge in [0.05, 0.1) is 0 Å². The van der Waals surface area contributed by atoms with E-state index in [4.69, 9.17) is 11.5 Å². The first-order valence-electron chi connectivity index (χ1n) is 5.71. The predicted molar refractivity (Wildman–Crippen MR) is 69.8 cm³/mol. The summed E-state index contributed by atoms with van der Waals surface area (Å²) in [4.78, 5) is 0. The molecule has 1 fully saturated rings. The molecule has 0 saturated carbocycles. The molecule has 6 heteroatoms. The summed E-state index contributed by atoms with van der Waals surface area (Å²) >= 11 is 0. The second-order valence-electron chi connectivity index (χ2n) is 4.43. The number of hydrogen-bond acceptors (Lipinski definition) is 5. The van der Waals surface area contributed by atoms with Gasteiger partial charge in [-0.15, -0.1) is 0 Å². The van der Waals surface area contributed by atoms with E-state index in [1.165, 1.54) is 0 Å². The largest absolute Gasteiger partial charge is 0.402 e. The van der Waals surface area contributed by atoms with Crippen molar-refractivity contribution >= 4 is 10.0 Å². The van der Waals surface area contributed by atoms with Crippen molar-refractivity contribution in [3.8, 4) is 0 Å². The lowest BCUT2D eigenvalue weighted by Crippen LogP contribution is -2.52. The summed E-state index contributed by atoms with van der Waals surface area (Å²) in [5, 5.41) is 3.32. The standard InChI is InChI=1S/C8H19N3.C2H8O2Si/c1-6(9)8(7(2)10)3-4-11-5-8;1-3-5-4-2/h6-7,11H,3-5,9-10H2,1-2H3;5H2,1-2H3. The number of hydrogen-bond donors (Lipinski definition) is 3. The number of nitrogens with one attached hydrogen (secondary N) is 1. The van der Waals surface area contributed by atoms with Gasteiger partial charge in [-0.2, -0.15) is 0 Å². The Morgan fingerprint density at radius 1 is 1.19 bits per heavy atom. The predicted octanol–water partition coefficient (Wildman–Crippen LogP) is -1.06. The Hall–Kier alpha value is 0.0169. The van der Waals surface area contributed by atoms with Crippen LogP contribution in [-0.4, -0.2) is 49.4 Å². The van der Waals surface area contributed by atoms with Crippen LogP contribution in [-0.2, 0) is 8.85 Å². The molecule has 0 aromatic rings. The second kappa shape index (κ2) is 8.16. The van der Waals surface area contributed by atoms with Crippen LogP contribution in [0.15, 0.2) is 0 Å². The lowest BCUT2D eigenvalue weighted by atomic mass is 9.75. The molecule has 0 radical (unpaired) electrons. The molecule has 1 saturated heterocycles.